The Morgan fingerprint density at radius 1 is 1.19 bits per heavy atom. The Balaban J connectivity index is 1.87. The van der Waals surface area contributed by atoms with Crippen molar-refractivity contribution < 1.29 is 33.8 Å². The summed E-state index contributed by atoms with van der Waals surface area (Å²) in [6, 6.07) is 6.56. The molecular formula is C17H11ClN2O7. The van der Waals surface area contributed by atoms with Crippen molar-refractivity contribution in [2.45, 2.75) is 0 Å². The third-order valence-corrected chi connectivity index (χ3v) is 3.98. The minimum absolute atomic E-state index is 0.0814. The first-order valence-corrected chi connectivity index (χ1v) is 7.83. The molecule has 1 aliphatic rings. The van der Waals surface area contributed by atoms with E-state index in [-0.39, 0.29) is 22.0 Å². The van der Waals surface area contributed by atoms with E-state index in [1.807, 2.05) is 0 Å². The zero-order valence-electron chi connectivity index (χ0n) is 13.4. The number of benzene rings is 1. The number of aliphatic carboxylic acids is 1. The molecule has 138 valence electrons. The number of nitrogens with one attached hydrogen (secondary N) is 1. The van der Waals surface area contributed by atoms with Crippen molar-refractivity contribution in [3.05, 3.63) is 52.4 Å². The van der Waals surface area contributed by atoms with Gasteiger partial charge in [0.05, 0.1) is 10.6 Å². The van der Waals surface area contributed by atoms with E-state index in [0.717, 1.165) is 0 Å². The summed E-state index contributed by atoms with van der Waals surface area (Å²) in [6.45, 7) is -0.756. The molecule has 0 spiro atoms. The van der Waals surface area contributed by atoms with Crippen LogP contribution in [0.25, 0.3) is 17.4 Å². The number of rotatable bonds is 5. The highest BCUT2D eigenvalue weighted by Gasteiger charge is 2.35. The highest BCUT2D eigenvalue weighted by molar-refractivity contribution is 6.33. The number of carbonyl (C=O) groups is 4. The fourth-order valence-electron chi connectivity index (χ4n) is 2.42. The van der Waals surface area contributed by atoms with E-state index in [2.05, 4.69) is 5.32 Å². The molecule has 1 aromatic carbocycles. The van der Waals surface area contributed by atoms with Crippen LogP contribution < -0.4 is 5.32 Å². The van der Waals surface area contributed by atoms with E-state index in [1.165, 1.54) is 24.3 Å². The van der Waals surface area contributed by atoms with E-state index in [4.69, 9.17) is 26.2 Å². The van der Waals surface area contributed by atoms with Crippen molar-refractivity contribution in [1.82, 2.24) is 10.2 Å². The maximum atomic E-state index is 12.1. The number of nitrogens with zero attached hydrogens (tertiary/aromatic N) is 1. The summed E-state index contributed by atoms with van der Waals surface area (Å²) in [5.41, 5.74) is 0.230. The molecule has 2 heterocycles. The normalized spacial score (nSPS) is 15.3. The minimum atomic E-state index is -1.32. The number of carboxylic acid groups (broad SMARTS) is 2. The number of hydrogen-bond acceptors (Lipinski definition) is 5. The van der Waals surface area contributed by atoms with Crippen molar-refractivity contribution >= 4 is 41.6 Å². The molecule has 0 bridgehead atoms. The Bertz CT molecular complexity index is 1010. The Morgan fingerprint density at radius 2 is 1.93 bits per heavy atom. The fourth-order valence-corrected chi connectivity index (χ4v) is 2.62. The van der Waals surface area contributed by atoms with Crippen LogP contribution in [0.2, 0.25) is 5.02 Å². The Morgan fingerprint density at radius 3 is 2.59 bits per heavy atom. The van der Waals surface area contributed by atoms with Gasteiger partial charge in [-0.05, 0) is 30.3 Å². The van der Waals surface area contributed by atoms with Crippen molar-refractivity contribution in [2.75, 3.05) is 6.54 Å². The molecule has 27 heavy (non-hydrogen) atoms. The molecule has 1 fully saturated rings. The molecule has 1 aliphatic heterocycles. The summed E-state index contributed by atoms with van der Waals surface area (Å²) < 4.78 is 5.56. The van der Waals surface area contributed by atoms with E-state index in [9.17, 15) is 19.2 Å². The van der Waals surface area contributed by atoms with E-state index >= 15 is 0 Å². The van der Waals surface area contributed by atoms with Gasteiger partial charge in [0.2, 0.25) is 0 Å². The van der Waals surface area contributed by atoms with Gasteiger partial charge in [0.1, 0.15) is 23.8 Å². The summed E-state index contributed by atoms with van der Waals surface area (Å²) in [4.78, 5) is 46.2. The molecule has 1 saturated heterocycles. The molecule has 3 amide bonds. The van der Waals surface area contributed by atoms with Crippen molar-refractivity contribution in [3.63, 3.8) is 0 Å². The van der Waals surface area contributed by atoms with Crippen LogP contribution in [-0.4, -0.2) is 45.5 Å². The van der Waals surface area contributed by atoms with Crippen molar-refractivity contribution in [3.8, 4) is 11.3 Å². The fraction of sp³-hybridized carbons (Fsp3) is 0.0588. The molecule has 1 aromatic heterocycles. The number of urea groups is 1. The van der Waals surface area contributed by atoms with Crippen LogP contribution in [0.4, 0.5) is 4.79 Å². The lowest BCUT2D eigenvalue weighted by Gasteiger charge is -2.06. The maximum absolute atomic E-state index is 12.1. The lowest BCUT2D eigenvalue weighted by atomic mass is 10.1. The molecule has 0 aliphatic carbocycles. The summed E-state index contributed by atoms with van der Waals surface area (Å²) in [5.74, 6) is -2.77. The van der Waals surface area contributed by atoms with Crippen molar-refractivity contribution in [2.24, 2.45) is 0 Å². The molecule has 9 nitrogen and oxygen atoms in total. The molecule has 2 aromatic rings. The van der Waals surface area contributed by atoms with Crippen molar-refractivity contribution in [1.29, 1.82) is 0 Å². The second-order valence-electron chi connectivity index (χ2n) is 5.47. The van der Waals surface area contributed by atoms with Crippen LogP contribution >= 0.6 is 11.6 Å². The summed E-state index contributed by atoms with van der Waals surface area (Å²) in [6.07, 6.45) is 1.25. The number of imide groups is 1. The van der Waals surface area contributed by atoms with Crippen LogP contribution in [0.5, 0.6) is 0 Å². The van der Waals surface area contributed by atoms with Gasteiger partial charge in [-0.15, -0.1) is 0 Å². The molecule has 10 heteroatoms. The molecule has 3 rings (SSSR count). The van der Waals surface area contributed by atoms with Crippen LogP contribution in [-0.2, 0) is 9.59 Å². The predicted molar refractivity (Wildman–Crippen MR) is 92.0 cm³/mol. The summed E-state index contributed by atoms with van der Waals surface area (Å²) in [7, 11) is 0. The number of carbonyl (C=O) groups excluding carboxylic acids is 2. The topological polar surface area (TPSA) is 137 Å². The number of aromatic carboxylic acids is 1. The highest BCUT2D eigenvalue weighted by Crippen LogP contribution is 2.28. The lowest BCUT2D eigenvalue weighted by Crippen LogP contribution is -2.35. The van der Waals surface area contributed by atoms with Gasteiger partial charge in [0, 0.05) is 11.6 Å². The molecule has 0 saturated carbocycles. The van der Waals surface area contributed by atoms with Crippen LogP contribution in [0.3, 0.4) is 0 Å². The molecular weight excluding hydrogens is 380 g/mol. The van der Waals surface area contributed by atoms with Gasteiger partial charge in [-0.3, -0.25) is 9.59 Å². The summed E-state index contributed by atoms with van der Waals surface area (Å²) in [5, 5.41) is 20.2. The smallest absolute Gasteiger partial charge is 0.337 e. The molecule has 0 unspecified atom stereocenters. The first-order chi connectivity index (χ1) is 12.8. The van der Waals surface area contributed by atoms with Gasteiger partial charge in [0.15, 0.2) is 0 Å². The monoisotopic (exact) mass is 390 g/mol. The number of halogens is 1. The quantitative estimate of drug-likeness (QED) is 0.526. The third-order valence-electron chi connectivity index (χ3n) is 3.65. The van der Waals surface area contributed by atoms with E-state index in [0.29, 0.717) is 16.2 Å². The zero-order valence-corrected chi connectivity index (χ0v) is 14.2. The largest absolute Gasteiger partial charge is 0.480 e. The number of amides is 3. The zero-order chi connectivity index (χ0) is 19.7. The van der Waals surface area contributed by atoms with E-state index < -0.39 is 30.4 Å². The molecule has 0 radical (unpaired) electrons. The number of hydrogen-bond donors (Lipinski definition) is 3. The SMILES string of the molecule is O=C(O)CN1C(=O)N/C(=C\c2ccc(-c3ccc(Cl)c(C(=O)O)c3)o2)C1=O. The lowest BCUT2D eigenvalue weighted by molar-refractivity contribution is -0.140. The Kier molecular flexibility index (Phi) is 4.70. The second-order valence-corrected chi connectivity index (χ2v) is 5.88. The first-order valence-electron chi connectivity index (χ1n) is 7.45. The predicted octanol–water partition coefficient (Wildman–Crippen LogP) is 2.28. The van der Waals surface area contributed by atoms with Gasteiger partial charge < -0.3 is 19.9 Å². The summed E-state index contributed by atoms with van der Waals surface area (Å²) >= 11 is 5.83. The number of furan rings is 1. The van der Waals surface area contributed by atoms with E-state index in [1.54, 1.807) is 12.1 Å². The molecule has 3 N–H and O–H groups in total. The standard InChI is InChI=1S/C17H11ClN2O7/c18-11-3-1-8(5-10(11)16(24)25)13-4-2-9(27-13)6-12-15(23)20(7-14(21)22)17(26)19-12/h1-6H,7H2,(H,19,26)(H,21,22)(H,24,25)/b12-6-. The van der Waals surface area contributed by atoms with Crippen LogP contribution in [0.15, 0.2) is 40.4 Å². The maximum Gasteiger partial charge on any atom is 0.337 e. The second kappa shape index (κ2) is 6.96. The van der Waals surface area contributed by atoms with Crippen LogP contribution in [0, 0.1) is 0 Å². The van der Waals surface area contributed by atoms with Gasteiger partial charge in [-0.25, -0.2) is 14.5 Å². The Hall–Kier alpha value is -3.59. The third kappa shape index (κ3) is 3.67. The molecule has 0 atom stereocenters. The van der Waals surface area contributed by atoms with Gasteiger partial charge >= 0.3 is 18.0 Å². The van der Waals surface area contributed by atoms with Gasteiger partial charge in [-0.1, -0.05) is 11.6 Å². The minimum Gasteiger partial charge on any atom is -0.480 e. The highest BCUT2D eigenvalue weighted by atomic mass is 35.5. The Labute approximate surface area is 156 Å². The average molecular weight is 391 g/mol. The van der Waals surface area contributed by atoms with Gasteiger partial charge in [0.25, 0.3) is 5.91 Å². The first kappa shape index (κ1) is 18.2. The average Bonchev–Trinajstić information content (AvgIpc) is 3.15. The van der Waals surface area contributed by atoms with Crippen LogP contribution in [0.1, 0.15) is 16.1 Å². The number of carboxylic acids is 2. The van der Waals surface area contributed by atoms with Gasteiger partial charge in [-0.2, -0.15) is 0 Å².